The Morgan fingerprint density at radius 2 is 2.00 bits per heavy atom. The average molecular weight is 314 g/mol. The number of aliphatic hydroxyl groups is 1. The van der Waals surface area contributed by atoms with Crippen molar-refractivity contribution in [2.45, 2.75) is 42.7 Å². The summed E-state index contributed by atoms with van der Waals surface area (Å²) in [7, 11) is -0.731. The summed E-state index contributed by atoms with van der Waals surface area (Å²) in [6.07, 6.45) is 2.54. The molecule has 1 aliphatic carbocycles. The van der Waals surface area contributed by atoms with Crippen molar-refractivity contribution >= 4 is 15.7 Å². The van der Waals surface area contributed by atoms with Crippen molar-refractivity contribution in [2.24, 2.45) is 0 Å². The summed E-state index contributed by atoms with van der Waals surface area (Å²) in [5.41, 5.74) is 6.10. The maximum absolute atomic E-state index is 12.7. The van der Waals surface area contributed by atoms with Crippen LogP contribution in [0, 0.1) is 0 Å². The number of hydrogen-bond acceptors (Lipinski definition) is 5. The van der Waals surface area contributed by atoms with Crippen LogP contribution in [0.4, 0.5) is 5.69 Å². The predicted octanol–water partition coefficient (Wildman–Crippen LogP) is 1.20. The van der Waals surface area contributed by atoms with E-state index in [1.54, 1.807) is 0 Å². The van der Waals surface area contributed by atoms with E-state index in [2.05, 4.69) is 0 Å². The molecule has 118 valence electrons. The molecule has 0 aromatic heterocycles. The van der Waals surface area contributed by atoms with Crippen LogP contribution in [0.15, 0.2) is 23.1 Å². The lowest BCUT2D eigenvalue weighted by Gasteiger charge is -2.34. The molecule has 3 N–H and O–H groups in total. The highest BCUT2D eigenvalue weighted by Crippen LogP contribution is 2.30. The summed E-state index contributed by atoms with van der Waals surface area (Å²) < 4.78 is 31.7. The van der Waals surface area contributed by atoms with Crippen LogP contribution in [-0.4, -0.2) is 44.1 Å². The van der Waals surface area contributed by atoms with E-state index in [-0.39, 0.29) is 10.9 Å². The van der Waals surface area contributed by atoms with Crippen molar-refractivity contribution in [1.29, 1.82) is 0 Å². The number of rotatable bonds is 4. The average Bonchev–Trinajstić information content (AvgIpc) is 2.47. The number of hydrogen-bond donors (Lipinski definition) is 2. The minimum absolute atomic E-state index is 0.119. The smallest absolute Gasteiger partial charge is 0.243 e. The normalized spacial score (nSPS) is 23.2. The van der Waals surface area contributed by atoms with Gasteiger partial charge >= 0.3 is 0 Å². The molecule has 1 aromatic carbocycles. The van der Waals surface area contributed by atoms with Gasteiger partial charge in [-0.25, -0.2) is 8.42 Å². The second-order valence-corrected chi connectivity index (χ2v) is 7.34. The molecule has 1 saturated carbocycles. The number of benzene rings is 1. The third kappa shape index (κ3) is 3.14. The minimum atomic E-state index is -3.68. The lowest BCUT2D eigenvalue weighted by Crippen LogP contribution is -2.46. The van der Waals surface area contributed by atoms with E-state index < -0.39 is 16.1 Å². The predicted molar refractivity (Wildman–Crippen MR) is 80.6 cm³/mol. The molecule has 0 spiro atoms. The van der Waals surface area contributed by atoms with Crippen LogP contribution in [0.1, 0.15) is 25.7 Å². The fourth-order valence-corrected chi connectivity index (χ4v) is 4.14. The zero-order valence-corrected chi connectivity index (χ0v) is 13.1. The number of nitrogens with zero attached hydrogens (tertiary/aromatic N) is 1. The molecule has 0 aliphatic heterocycles. The zero-order valence-electron chi connectivity index (χ0n) is 12.3. The number of nitrogen functional groups attached to an aromatic ring is 1. The first kappa shape index (κ1) is 16.1. The molecule has 7 heteroatoms. The Balaban J connectivity index is 2.32. The van der Waals surface area contributed by atoms with E-state index in [9.17, 15) is 13.5 Å². The largest absolute Gasteiger partial charge is 0.495 e. The molecule has 21 heavy (non-hydrogen) atoms. The van der Waals surface area contributed by atoms with E-state index >= 15 is 0 Å². The Kier molecular flexibility index (Phi) is 4.75. The van der Waals surface area contributed by atoms with Gasteiger partial charge in [0.05, 0.1) is 29.8 Å². The quantitative estimate of drug-likeness (QED) is 0.815. The zero-order chi connectivity index (χ0) is 15.6. The fourth-order valence-electron chi connectivity index (χ4n) is 2.71. The summed E-state index contributed by atoms with van der Waals surface area (Å²) in [6.45, 7) is 0. The van der Waals surface area contributed by atoms with Crippen LogP contribution >= 0.6 is 0 Å². The Morgan fingerprint density at radius 1 is 1.33 bits per heavy atom. The Morgan fingerprint density at radius 3 is 2.62 bits per heavy atom. The van der Waals surface area contributed by atoms with Crippen molar-refractivity contribution in [3.63, 3.8) is 0 Å². The summed E-state index contributed by atoms with van der Waals surface area (Å²) in [5, 5.41) is 10.0. The molecule has 2 rings (SSSR count). The molecule has 0 bridgehead atoms. The molecular weight excluding hydrogens is 292 g/mol. The van der Waals surface area contributed by atoms with Gasteiger partial charge in [-0.15, -0.1) is 0 Å². The Labute approximate surface area is 125 Å². The summed E-state index contributed by atoms with van der Waals surface area (Å²) in [5.74, 6) is 0.327. The van der Waals surface area contributed by atoms with Gasteiger partial charge in [-0.05, 0) is 25.0 Å². The van der Waals surface area contributed by atoms with Crippen molar-refractivity contribution in [2.75, 3.05) is 19.9 Å². The Hall–Kier alpha value is -1.31. The van der Waals surface area contributed by atoms with Crippen LogP contribution in [0.25, 0.3) is 0 Å². The van der Waals surface area contributed by atoms with Gasteiger partial charge in [0.15, 0.2) is 0 Å². The molecule has 0 amide bonds. The SMILES string of the molecule is COc1cc(S(=O)(=O)N(C)C2CCCCC2O)ccc1N. The van der Waals surface area contributed by atoms with E-state index in [0.29, 0.717) is 24.3 Å². The van der Waals surface area contributed by atoms with Gasteiger partial charge in [0.1, 0.15) is 5.75 Å². The van der Waals surface area contributed by atoms with Gasteiger partial charge < -0.3 is 15.6 Å². The van der Waals surface area contributed by atoms with Crippen LogP contribution in [0.2, 0.25) is 0 Å². The van der Waals surface area contributed by atoms with Gasteiger partial charge in [-0.3, -0.25) is 0 Å². The van der Waals surface area contributed by atoms with E-state index in [1.807, 2.05) is 0 Å². The molecule has 0 saturated heterocycles. The van der Waals surface area contributed by atoms with Crippen LogP contribution in [0.5, 0.6) is 5.75 Å². The van der Waals surface area contributed by atoms with Crippen LogP contribution in [-0.2, 0) is 10.0 Å². The molecule has 1 aromatic rings. The number of ether oxygens (including phenoxy) is 1. The number of likely N-dealkylation sites (N-methyl/N-ethyl adjacent to an activating group) is 1. The second kappa shape index (κ2) is 6.21. The fraction of sp³-hybridized carbons (Fsp3) is 0.571. The molecule has 2 atom stereocenters. The maximum atomic E-state index is 12.7. The number of sulfonamides is 1. The molecule has 6 nitrogen and oxygen atoms in total. The summed E-state index contributed by atoms with van der Waals surface area (Å²) >= 11 is 0. The first-order valence-electron chi connectivity index (χ1n) is 6.97. The van der Waals surface area contributed by atoms with Gasteiger partial charge in [-0.2, -0.15) is 4.31 Å². The van der Waals surface area contributed by atoms with Crippen molar-refractivity contribution in [3.05, 3.63) is 18.2 Å². The lowest BCUT2D eigenvalue weighted by molar-refractivity contribution is 0.0638. The molecule has 1 aliphatic rings. The lowest BCUT2D eigenvalue weighted by atomic mass is 9.93. The summed E-state index contributed by atoms with van der Waals surface area (Å²) in [4.78, 5) is 0.119. The first-order chi connectivity index (χ1) is 9.87. The number of methoxy groups -OCH3 is 1. The topological polar surface area (TPSA) is 92.9 Å². The van der Waals surface area contributed by atoms with E-state index in [0.717, 1.165) is 12.8 Å². The third-order valence-electron chi connectivity index (χ3n) is 4.04. The molecule has 2 unspecified atom stereocenters. The van der Waals surface area contributed by atoms with Crippen molar-refractivity contribution < 1.29 is 18.3 Å². The van der Waals surface area contributed by atoms with Gasteiger partial charge in [0.2, 0.25) is 10.0 Å². The van der Waals surface area contributed by atoms with Gasteiger partial charge in [0, 0.05) is 13.1 Å². The maximum Gasteiger partial charge on any atom is 0.243 e. The van der Waals surface area contributed by atoms with E-state index in [4.69, 9.17) is 10.5 Å². The number of aliphatic hydroxyl groups excluding tert-OH is 1. The molecule has 0 radical (unpaired) electrons. The molecule has 0 heterocycles. The van der Waals surface area contributed by atoms with E-state index in [1.165, 1.54) is 36.7 Å². The summed E-state index contributed by atoms with van der Waals surface area (Å²) in [6, 6.07) is 4.00. The molecule has 1 fully saturated rings. The first-order valence-corrected chi connectivity index (χ1v) is 8.41. The third-order valence-corrected chi connectivity index (χ3v) is 5.92. The monoisotopic (exact) mass is 314 g/mol. The molecular formula is C14H22N2O4S. The highest BCUT2D eigenvalue weighted by molar-refractivity contribution is 7.89. The Bertz CT molecular complexity index is 603. The minimum Gasteiger partial charge on any atom is -0.495 e. The highest BCUT2D eigenvalue weighted by Gasteiger charge is 2.34. The number of nitrogens with two attached hydrogens (primary N) is 1. The van der Waals surface area contributed by atoms with Gasteiger partial charge in [0.25, 0.3) is 0 Å². The number of anilines is 1. The highest BCUT2D eigenvalue weighted by atomic mass is 32.2. The van der Waals surface area contributed by atoms with Crippen LogP contribution in [0.3, 0.4) is 0 Å². The van der Waals surface area contributed by atoms with Crippen LogP contribution < -0.4 is 10.5 Å². The second-order valence-electron chi connectivity index (χ2n) is 5.34. The van der Waals surface area contributed by atoms with Gasteiger partial charge in [-0.1, -0.05) is 12.8 Å². The standard InChI is InChI=1S/C14H22N2O4S/c1-16(12-5-3-4-6-13(12)17)21(18,19)10-7-8-11(15)14(9-10)20-2/h7-9,12-13,17H,3-6,15H2,1-2H3. The van der Waals surface area contributed by atoms with Crippen molar-refractivity contribution in [1.82, 2.24) is 4.31 Å². The van der Waals surface area contributed by atoms with Crippen molar-refractivity contribution in [3.8, 4) is 5.75 Å².